The van der Waals surface area contributed by atoms with Crippen molar-refractivity contribution in [3.8, 4) is 5.88 Å². The standard InChI is InChI=1S/C20H20N4O3/c21-18(25)14-3-1-2-4-15(14)24-10-13-11-26-8-6-17(13)27-20-16(24)9-12-5-7-22-19(12)23-20/h1-5,7,9,13,17H,6,8,10-11H2,(H2,21,25)(H,22,23)/t13-,17+/m0/s1. The first-order valence-electron chi connectivity index (χ1n) is 9.09. The molecule has 1 fully saturated rings. The fourth-order valence-electron chi connectivity index (χ4n) is 3.96. The predicted molar refractivity (Wildman–Crippen MR) is 101 cm³/mol. The summed E-state index contributed by atoms with van der Waals surface area (Å²) in [6.45, 7) is 1.96. The van der Waals surface area contributed by atoms with Crippen molar-refractivity contribution in [3.63, 3.8) is 0 Å². The van der Waals surface area contributed by atoms with E-state index in [0.717, 1.165) is 28.8 Å². The van der Waals surface area contributed by atoms with Crippen LogP contribution in [0.15, 0.2) is 42.6 Å². The Morgan fingerprint density at radius 2 is 2.15 bits per heavy atom. The fourth-order valence-corrected chi connectivity index (χ4v) is 3.96. The number of primary amides is 1. The number of para-hydroxylation sites is 1. The van der Waals surface area contributed by atoms with E-state index < -0.39 is 5.91 Å². The van der Waals surface area contributed by atoms with Gasteiger partial charge in [-0.05, 0) is 24.3 Å². The molecule has 0 aliphatic carbocycles. The summed E-state index contributed by atoms with van der Waals surface area (Å²) in [6.07, 6.45) is 2.71. The number of aromatic amines is 1. The number of fused-ring (bicyclic) bond motifs is 3. The second-order valence-electron chi connectivity index (χ2n) is 7.00. The summed E-state index contributed by atoms with van der Waals surface area (Å²) in [4.78, 5) is 22.0. The van der Waals surface area contributed by atoms with Crippen molar-refractivity contribution in [2.75, 3.05) is 24.7 Å². The lowest BCUT2D eigenvalue weighted by Crippen LogP contribution is -2.40. The van der Waals surface area contributed by atoms with Crippen LogP contribution >= 0.6 is 0 Å². The highest BCUT2D eigenvalue weighted by Gasteiger charge is 2.36. The molecule has 2 aliphatic heterocycles. The Kier molecular flexibility index (Phi) is 3.75. The molecule has 0 bridgehead atoms. The van der Waals surface area contributed by atoms with Crippen LogP contribution in [-0.4, -0.2) is 41.7 Å². The summed E-state index contributed by atoms with van der Waals surface area (Å²) in [5.74, 6) is 0.287. The lowest BCUT2D eigenvalue weighted by molar-refractivity contribution is -0.0181. The van der Waals surface area contributed by atoms with Crippen molar-refractivity contribution in [2.24, 2.45) is 11.7 Å². The number of benzene rings is 1. The van der Waals surface area contributed by atoms with Gasteiger partial charge in [-0.1, -0.05) is 12.1 Å². The molecule has 27 heavy (non-hydrogen) atoms. The van der Waals surface area contributed by atoms with Crippen LogP contribution in [0.4, 0.5) is 11.4 Å². The number of nitrogens with zero attached hydrogens (tertiary/aromatic N) is 2. The van der Waals surface area contributed by atoms with Crippen LogP contribution in [-0.2, 0) is 4.74 Å². The molecule has 2 aliphatic rings. The average molecular weight is 364 g/mol. The minimum absolute atomic E-state index is 0.0307. The van der Waals surface area contributed by atoms with Crippen LogP contribution in [0.5, 0.6) is 5.88 Å². The Bertz CT molecular complexity index is 1020. The quantitative estimate of drug-likeness (QED) is 0.729. The van der Waals surface area contributed by atoms with Gasteiger partial charge in [0.05, 0.1) is 24.5 Å². The lowest BCUT2D eigenvalue weighted by atomic mass is 9.97. The molecule has 1 amide bonds. The predicted octanol–water partition coefficient (Wildman–Crippen LogP) is 2.60. The first-order chi connectivity index (χ1) is 13.2. The van der Waals surface area contributed by atoms with Gasteiger partial charge in [-0.3, -0.25) is 4.79 Å². The Balaban J connectivity index is 1.71. The van der Waals surface area contributed by atoms with Gasteiger partial charge in [0.25, 0.3) is 5.91 Å². The molecular weight excluding hydrogens is 344 g/mol. The van der Waals surface area contributed by atoms with Crippen molar-refractivity contribution in [3.05, 3.63) is 48.2 Å². The molecule has 3 aromatic rings. The highest BCUT2D eigenvalue weighted by atomic mass is 16.5. The van der Waals surface area contributed by atoms with Crippen LogP contribution in [0.1, 0.15) is 16.8 Å². The Labute approximate surface area is 156 Å². The Hall–Kier alpha value is -3.06. The molecule has 0 radical (unpaired) electrons. The maximum Gasteiger partial charge on any atom is 0.250 e. The number of hydrogen-bond acceptors (Lipinski definition) is 5. The summed E-state index contributed by atoms with van der Waals surface area (Å²) in [7, 11) is 0. The minimum Gasteiger partial charge on any atom is -0.472 e. The molecule has 2 aromatic heterocycles. The van der Waals surface area contributed by atoms with Gasteiger partial charge < -0.3 is 25.1 Å². The van der Waals surface area contributed by atoms with Gasteiger partial charge in [0, 0.05) is 30.5 Å². The smallest absolute Gasteiger partial charge is 0.250 e. The number of amides is 1. The van der Waals surface area contributed by atoms with Crippen molar-refractivity contribution < 1.29 is 14.3 Å². The summed E-state index contributed by atoms with van der Waals surface area (Å²) in [5, 5.41) is 0.986. The zero-order valence-corrected chi connectivity index (χ0v) is 14.7. The zero-order chi connectivity index (χ0) is 18.4. The molecule has 7 heteroatoms. The second kappa shape index (κ2) is 6.28. The maximum atomic E-state index is 12.0. The van der Waals surface area contributed by atoms with E-state index >= 15 is 0 Å². The van der Waals surface area contributed by atoms with Gasteiger partial charge in [-0.2, -0.15) is 4.98 Å². The number of pyridine rings is 1. The van der Waals surface area contributed by atoms with Gasteiger partial charge in [-0.15, -0.1) is 0 Å². The highest BCUT2D eigenvalue weighted by Crippen LogP contribution is 2.41. The van der Waals surface area contributed by atoms with E-state index in [9.17, 15) is 4.79 Å². The third kappa shape index (κ3) is 2.71. The fraction of sp³-hybridized carbons (Fsp3) is 0.300. The molecule has 138 valence electrons. The largest absolute Gasteiger partial charge is 0.472 e. The van der Waals surface area contributed by atoms with E-state index in [4.69, 9.17) is 20.2 Å². The van der Waals surface area contributed by atoms with Crippen LogP contribution in [0, 0.1) is 5.92 Å². The molecule has 2 atom stereocenters. The number of carbonyl (C=O) groups excluding carboxylic acids is 1. The zero-order valence-electron chi connectivity index (χ0n) is 14.7. The van der Waals surface area contributed by atoms with Gasteiger partial charge in [0.2, 0.25) is 5.88 Å². The third-order valence-corrected chi connectivity index (χ3v) is 5.32. The van der Waals surface area contributed by atoms with Crippen molar-refractivity contribution in [2.45, 2.75) is 12.5 Å². The number of anilines is 2. The van der Waals surface area contributed by atoms with Gasteiger partial charge in [-0.25, -0.2) is 0 Å². The maximum absolute atomic E-state index is 12.0. The van der Waals surface area contributed by atoms with E-state index in [0.29, 0.717) is 31.2 Å². The van der Waals surface area contributed by atoms with Crippen molar-refractivity contribution in [1.29, 1.82) is 0 Å². The first-order valence-corrected chi connectivity index (χ1v) is 9.09. The second-order valence-corrected chi connectivity index (χ2v) is 7.00. The van der Waals surface area contributed by atoms with Gasteiger partial charge in [0.1, 0.15) is 17.4 Å². The minimum atomic E-state index is -0.454. The topological polar surface area (TPSA) is 93.5 Å². The number of hydrogen-bond donors (Lipinski definition) is 2. The Morgan fingerprint density at radius 3 is 3.04 bits per heavy atom. The molecule has 0 unspecified atom stereocenters. The average Bonchev–Trinajstić information content (AvgIpc) is 3.07. The van der Waals surface area contributed by atoms with E-state index in [1.165, 1.54) is 0 Å². The molecule has 0 saturated carbocycles. The molecule has 4 heterocycles. The number of aromatic nitrogens is 2. The van der Waals surface area contributed by atoms with E-state index in [-0.39, 0.29) is 12.0 Å². The molecule has 3 N–H and O–H groups in total. The summed E-state index contributed by atoms with van der Waals surface area (Å²) < 4.78 is 12.0. The third-order valence-electron chi connectivity index (χ3n) is 5.32. The van der Waals surface area contributed by atoms with Gasteiger partial charge in [0.15, 0.2) is 0 Å². The molecule has 1 saturated heterocycles. The molecule has 0 spiro atoms. The molecule has 1 aromatic carbocycles. The van der Waals surface area contributed by atoms with Crippen molar-refractivity contribution >= 4 is 28.3 Å². The number of ether oxygens (including phenoxy) is 2. The normalized spacial score (nSPS) is 21.9. The van der Waals surface area contributed by atoms with Gasteiger partial charge >= 0.3 is 0 Å². The number of nitrogens with one attached hydrogen (secondary N) is 1. The van der Waals surface area contributed by atoms with Crippen molar-refractivity contribution in [1.82, 2.24) is 9.97 Å². The Morgan fingerprint density at radius 1 is 1.26 bits per heavy atom. The number of nitrogens with two attached hydrogens (primary N) is 1. The van der Waals surface area contributed by atoms with E-state index in [1.54, 1.807) is 6.07 Å². The summed E-state index contributed by atoms with van der Waals surface area (Å²) in [5.41, 5.74) is 8.50. The monoisotopic (exact) mass is 364 g/mol. The summed E-state index contributed by atoms with van der Waals surface area (Å²) in [6, 6.07) is 11.4. The van der Waals surface area contributed by atoms with Crippen LogP contribution in [0.25, 0.3) is 11.0 Å². The lowest BCUT2D eigenvalue weighted by Gasteiger charge is -2.32. The molecular formula is C20H20N4O3. The molecule has 5 rings (SSSR count). The number of H-pyrrole nitrogens is 1. The highest BCUT2D eigenvalue weighted by molar-refractivity contribution is 6.00. The number of carbonyl (C=O) groups is 1. The van der Waals surface area contributed by atoms with E-state index in [1.807, 2.05) is 36.5 Å². The van der Waals surface area contributed by atoms with Crippen LogP contribution in [0.2, 0.25) is 0 Å². The SMILES string of the molecule is NC(=O)c1ccccc1N1C[C@H]2COCC[C@H]2Oc2nc3[nH]ccc3cc21. The first kappa shape index (κ1) is 16.1. The van der Waals surface area contributed by atoms with E-state index in [2.05, 4.69) is 9.88 Å². The van der Waals surface area contributed by atoms with Crippen LogP contribution in [0.3, 0.4) is 0 Å². The van der Waals surface area contributed by atoms with Crippen LogP contribution < -0.4 is 15.4 Å². The summed E-state index contributed by atoms with van der Waals surface area (Å²) >= 11 is 0. The number of rotatable bonds is 2. The molecule has 7 nitrogen and oxygen atoms in total.